The number of fused-ring (bicyclic) bond motifs is 1. The van der Waals surface area contributed by atoms with Gasteiger partial charge in [-0.15, -0.1) is 0 Å². The summed E-state index contributed by atoms with van der Waals surface area (Å²) in [6.07, 6.45) is 5.31. The zero-order valence-electron chi connectivity index (χ0n) is 15.7. The van der Waals surface area contributed by atoms with Crippen LogP contribution in [-0.4, -0.2) is 23.8 Å². The number of benzene rings is 2. The van der Waals surface area contributed by atoms with Crippen LogP contribution in [0.2, 0.25) is 0 Å². The third-order valence-corrected chi connectivity index (χ3v) is 4.09. The molecule has 0 saturated heterocycles. The Kier molecular flexibility index (Phi) is 5.78. The minimum Gasteiger partial charge on any atom is -0.497 e. The van der Waals surface area contributed by atoms with Gasteiger partial charge in [-0.25, -0.2) is 9.97 Å². The highest BCUT2D eigenvalue weighted by Crippen LogP contribution is 2.29. The first-order valence-electron chi connectivity index (χ1n) is 8.60. The summed E-state index contributed by atoms with van der Waals surface area (Å²) in [5.74, 6) is 1.88. The van der Waals surface area contributed by atoms with Crippen molar-refractivity contribution >= 4 is 34.7 Å². The maximum absolute atomic E-state index is 9.15. The van der Waals surface area contributed by atoms with E-state index in [4.69, 9.17) is 15.0 Å². The van der Waals surface area contributed by atoms with Gasteiger partial charge in [0.2, 0.25) is 0 Å². The third-order valence-electron chi connectivity index (χ3n) is 4.09. The van der Waals surface area contributed by atoms with Crippen LogP contribution in [0.5, 0.6) is 5.75 Å². The topological polar surface area (TPSA) is 83.2 Å². The van der Waals surface area contributed by atoms with Crippen LogP contribution in [0.15, 0.2) is 65.8 Å². The number of allylic oxidation sites excluding steroid dienone is 3. The van der Waals surface area contributed by atoms with Crippen molar-refractivity contribution in [3.05, 3.63) is 72.2 Å². The fourth-order valence-electron chi connectivity index (χ4n) is 2.69. The second kappa shape index (κ2) is 8.60. The molecule has 0 atom stereocenters. The van der Waals surface area contributed by atoms with Gasteiger partial charge in [-0.3, -0.25) is 4.99 Å². The minimum atomic E-state index is 0.555. The Hall–Kier alpha value is -3.98. The van der Waals surface area contributed by atoms with Crippen LogP contribution in [0.3, 0.4) is 0 Å². The molecule has 6 heteroatoms. The Morgan fingerprint density at radius 3 is 2.82 bits per heavy atom. The molecule has 1 aromatic heterocycles. The number of methoxy groups -OCH3 is 1. The number of aromatic nitrogens is 2. The zero-order valence-corrected chi connectivity index (χ0v) is 15.7. The number of nitrogens with one attached hydrogen (secondary N) is 1. The number of nitrogens with zero attached hydrogens (tertiary/aromatic N) is 4. The highest BCUT2D eigenvalue weighted by molar-refractivity contribution is 5.93. The Morgan fingerprint density at radius 1 is 1.25 bits per heavy atom. The van der Waals surface area contributed by atoms with Crippen LogP contribution < -0.4 is 10.1 Å². The molecule has 28 heavy (non-hydrogen) atoms. The number of anilines is 2. The molecule has 0 aliphatic heterocycles. The normalized spacial score (nSPS) is 11.4. The van der Waals surface area contributed by atoms with Crippen molar-refractivity contribution in [3.8, 4) is 11.8 Å². The van der Waals surface area contributed by atoms with Crippen molar-refractivity contribution in [1.82, 2.24) is 9.97 Å². The molecule has 0 amide bonds. The fraction of sp³-hybridized carbons (Fsp3) is 0.0909. The number of aliphatic imine (C=N–C) groups is 1. The minimum absolute atomic E-state index is 0.555. The van der Waals surface area contributed by atoms with Gasteiger partial charge in [0.05, 0.1) is 24.3 Å². The molecule has 0 fully saturated rings. The largest absolute Gasteiger partial charge is 0.497 e. The molecule has 1 heterocycles. The Bertz CT molecular complexity index is 1130. The SMILES string of the molecule is C=N/C=C\C(=C/C)c1nc(Nc2cccc(C#N)c2)c2cc(OC)ccc2n1. The van der Waals surface area contributed by atoms with E-state index in [1.807, 2.05) is 43.3 Å². The van der Waals surface area contributed by atoms with Gasteiger partial charge >= 0.3 is 0 Å². The molecule has 6 nitrogen and oxygen atoms in total. The van der Waals surface area contributed by atoms with Crippen LogP contribution in [0, 0.1) is 11.3 Å². The van der Waals surface area contributed by atoms with Gasteiger partial charge in [-0.05, 0) is 56.1 Å². The molecular weight excluding hydrogens is 350 g/mol. The summed E-state index contributed by atoms with van der Waals surface area (Å²) in [6, 6.07) is 15.0. The first kappa shape index (κ1) is 18.8. The predicted octanol–water partition coefficient (Wildman–Crippen LogP) is 4.87. The molecule has 0 aliphatic carbocycles. The lowest BCUT2D eigenvalue weighted by Crippen LogP contribution is -2.01. The van der Waals surface area contributed by atoms with E-state index in [2.05, 4.69) is 28.1 Å². The lowest BCUT2D eigenvalue weighted by molar-refractivity contribution is 0.415. The van der Waals surface area contributed by atoms with Crippen molar-refractivity contribution in [3.63, 3.8) is 0 Å². The van der Waals surface area contributed by atoms with Crippen LogP contribution in [-0.2, 0) is 0 Å². The molecule has 1 N–H and O–H groups in total. The highest BCUT2D eigenvalue weighted by atomic mass is 16.5. The third kappa shape index (κ3) is 4.05. The second-order valence-electron chi connectivity index (χ2n) is 5.84. The van der Waals surface area contributed by atoms with Gasteiger partial charge in [-0.2, -0.15) is 5.26 Å². The van der Waals surface area contributed by atoms with Crippen molar-refractivity contribution in [2.45, 2.75) is 6.92 Å². The van der Waals surface area contributed by atoms with Gasteiger partial charge in [0.1, 0.15) is 11.6 Å². The number of rotatable bonds is 6. The Morgan fingerprint density at radius 2 is 2.11 bits per heavy atom. The quantitative estimate of drug-likeness (QED) is 0.495. The van der Waals surface area contributed by atoms with E-state index in [0.29, 0.717) is 23.0 Å². The van der Waals surface area contributed by atoms with Crippen molar-refractivity contribution < 1.29 is 4.74 Å². The molecule has 2 aromatic carbocycles. The van der Waals surface area contributed by atoms with Gasteiger partial charge in [0.25, 0.3) is 0 Å². The maximum atomic E-state index is 9.15. The molecule has 138 valence electrons. The zero-order chi connectivity index (χ0) is 19.9. The first-order chi connectivity index (χ1) is 13.7. The van der Waals surface area contributed by atoms with Crippen molar-refractivity contribution in [2.75, 3.05) is 12.4 Å². The molecule has 0 spiro atoms. The van der Waals surface area contributed by atoms with E-state index in [1.54, 1.807) is 31.5 Å². The van der Waals surface area contributed by atoms with Crippen LogP contribution in [0.4, 0.5) is 11.5 Å². The van der Waals surface area contributed by atoms with E-state index in [-0.39, 0.29) is 0 Å². The molecule has 0 saturated carbocycles. The summed E-state index contributed by atoms with van der Waals surface area (Å²) in [6.45, 7) is 5.37. The smallest absolute Gasteiger partial charge is 0.161 e. The molecule has 3 aromatic rings. The summed E-state index contributed by atoms with van der Waals surface area (Å²) in [5, 5.41) is 13.3. The molecule has 0 bridgehead atoms. The highest BCUT2D eigenvalue weighted by Gasteiger charge is 2.11. The summed E-state index contributed by atoms with van der Waals surface area (Å²) >= 11 is 0. The van der Waals surface area contributed by atoms with Crippen LogP contribution >= 0.6 is 0 Å². The van der Waals surface area contributed by atoms with Crippen LogP contribution in [0.1, 0.15) is 18.3 Å². The molecule has 0 aliphatic rings. The summed E-state index contributed by atoms with van der Waals surface area (Å²) in [4.78, 5) is 13.1. The molecule has 0 radical (unpaired) electrons. The van der Waals surface area contributed by atoms with Gasteiger partial charge in [-0.1, -0.05) is 12.1 Å². The molecule has 3 rings (SSSR count). The average molecular weight is 369 g/mol. The number of ether oxygens (including phenoxy) is 1. The molecular formula is C22H19N5O. The first-order valence-corrected chi connectivity index (χ1v) is 8.60. The lowest BCUT2D eigenvalue weighted by atomic mass is 10.1. The van der Waals surface area contributed by atoms with E-state index in [1.165, 1.54) is 0 Å². The van der Waals surface area contributed by atoms with Gasteiger partial charge < -0.3 is 10.1 Å². The van der Waals surface area contributed by atoms with Crippen molar-refractivity contribution in [2.24, 2.45) is 4.99 Å². The maximum Gasteiger partial charge on any atom is 0.161 e. The molecule has 0 unspecified atom stereocenters. The Labute approximate surface area is 163 Å². The monoisotopic (exact) mass is 369 g/mol. The Balaban J connectivity index is 2.17. The van der Waals surface area contributed by atoms with Gasteiger partial charge in [0.15, 0.2) is 5.82 Å². The average Bonchev–Trinajstić information content (AvgIpc) is 2.74. The van der Waals surface area contributed by atoms with E-state index >= 15 is 0 Å². The summed E-state index contributed by atoms with van der Waals surface area (Å²) < 4.78 is 5.35. The van der Waals surface area contributed by atoms with Crippen LogP contribution in [0.25, 0.3) is 16.5 Å². The van der Waals surface area contributed by atoms with E-state index in [9.17, 15) is 0 Å². The van der Waals surface area contributed by atoms with E-state index in [0.717, 1.165) is 22.2 Å². The standard InChI is InChI=1S/C22H19N5O/c1-4-16(10-11-24-2)21-26-20-9-8-18(28-3)13-19(20)22(27-21)25-17-7-5-6-15(12-17)14-23/h4-13H,2H2,1,3H3,(H,25,26,27)/b11-10-,16-4+. The predicted molar refractivity (Wildman–Crippen MR) is 113 cm³/mol. The van der Waals surface area contributed by atoms with E-state index < -0.39 is 0 Å². The number of hydrogen-bond acceptors (Lipinski definition) is 6. The van der Waals surface area contributed by atoms with Gasteiger partial charge in [0, 0.05) is 22.8 Å². The number of hydrogen-bond donors (Lipinski definition) is 1. The fourth-order valence-corrected chi connectivity index (χ4v) is 2.69. The summed E-state index contributed by atoms with van der Waals surface area (Å²) in [7, 11) is 1.62. The lowest BCUT2D eigenvalue weighted by Gasteiger charge is -2.12. The van der Waals surface area contributed by atoms with Crippen molar-refractivity contribution in [1.29, 1.82) is 5.26 Å². The summed E-state index contributed by atoms with van der Waals surface area (Å²) in [5.41, 5.74) is 2.91. The second-order valence-corrected chi connectivity index (χ2v) is 5.84. The number of nitriles is 1.